The average molecular weight is 406 g/mol. The highest BCUT2D eigenvalue weighted by atomic mass is 16.1. The molecule has 0 saturated heterocycles. The Bertz CT molecular complexity index is 993. The van der Waals surface area contributed by atoms with E-state index in [0.717, 1.165) is 50.1 Å². The summed E-state index contributed by atoms with van der Waals surface area (Å²) in [6.07, 6.45) is 4.13. The molecule has 1 amide bonds. The van der Waals surface area contributed by atoms with Crippen molar-refractivity contribution in [1.29, 1.82) is 0 Å². The molecule has 4 heteroatoms. The summed E-state index contributed by atoms with van der Waals surface area (Å²) >= 11 is 0. The smallest absolute Gasteiger partial charge is 0.222 e. The van der Waals surface area contributed by atoms with E-state index < -0.39 is 0 Å². The number of unbranched alkanes of at least 4 members (excludes halogenated alkanes) is 2. The molecule has 0 saturated carbocycles. The van der Waals surface area contributed by atoms with Crippen LogP contribution < -0.4 is 5.32 Å². The molecule has 1 aromatic heterocycles. The van der Waals surface area contributed by atoms with Gasteiger partial charge in [-0.2, -0.15) is 0 Å². The first-order chi connectivity index (χ1) is 14.4. The van der Waals surface area contributed by atoms with Gasteiger partial charge in [-0.3, -0.25) is 4.79 Å². The topological polar surface area (TPSA) is 46.9 Å². The first-order valence-corrected chi connectivity index (χ1v) is 11.2. The van der Waals surface area contributed by atoms with Crippen LogP contribution in [0.25, 0.3) is 11.0 Å². The molecule has 160 valence electrons. The maximum atomic E-state index is 11.7. The van der Waals surface area contributed by atoms with Crippen molar-refractivity contribution < 1.29 is 4.79 Å². The van der Waals surface area contributed by atoms with Crippen molar-refractivity contribution in [2.75, 3.05) is 6.54 Å². The van der Waals surface area contributed by atoms with Gasteiger partial charge in [-0.15, -0.1) is 0 Å². The van der Waals surface area contributed by atoms with E-state index in [-0.39, 0.29) is 11.8 Å². The highest BCUT2D eigenvalue weighted by Gasteiger charge is 2.13. The minimum Gasteiger partial charge on any atom is -0.356 e. The molecule has 2 aromatic carbocycles. The fourth-order valence-electron chi connectivity index (χ4n) is 4.11. The number of rotatable bonds is 9. The number of hydrogen-bond donors (Lipinski definition) is 1. The number of carbonyl (C=O) groups is 1. The number of para-hydroxylation sites is 2. The highest BCUT2D eigenvalue weighted by molar-refractivity contribution is 5.77. The Morgan fingerprint density at radius 1 is 1.03 bits per heavy atom. The van der Waals surface area contributed by atoms with Crippen LogP contribution in [0.1, 0.15) is 61.2 Å². The third kappa shape index (κ3) is 5.29. The zero-order chi connectivity index (χ0) is 21.7. The molecule has 1 heterocycles. The fourth-order valence-corrected chi connectivity index (χ4v) is 4.11. The van der Waals surface area contributed by atoms with E-state index in [0.29, 0.717) is 0 Å². The minimum atomic E-state index is 0.0543. The Morgan fingerprint density at radius 2 is 1.73 bits per heavy atom. The van der Waals surface area contributed by atoms with E-state index in [9.17, 15) is 4.79 Å². The number of carbonyl (C=O) groups excluding carboxylic acids is 1. The normalized spacial score (nSPS) is 11.4. The van der Waals surface area contributed by atoms with Crippen LogP contribution in [-0.4, -0.2) is 22.0 Å². The number of nitrogens with zero attached hydrogens (tertiary/aromatic N) is 2. The lowest BCUT2D eigenvalue weighted by Crippen LogP contribution is -2.28. The molecule has 4 nitrogen and oxygen atoms in total. The molecule has 0 atom stereocenters. The van der Waals surface area contributed by atoms with Crippen LogP contribution in [0, 0.1) is 26.7 Å². The Balaban J connectivity index is 1.71. The van der Waals surface area contributed by atoms with Gasteiger partial charge in [0.15, 0.2) is 0 Å². The van der Waals surface area contributed by atoms with E-state index in [1.54, 1.807) is 0 Å². The largest absolute Gasteiger partial charge is 0.356 e. The number of aromatic nitrogens is 2. The quantitative estimate of drug-likeness (QED) is 0.478. The number of aryl methyl sites for hydroxylation is 4. The van der Waals surface area contributed by atoms with Crippen LogP contribution in [0.4, 0.5) is 0 Å². The second-order valence-electron chi connectivity index (χ2n) is 8.74. The van der Waals surface area contributed by atoms with Gasteiger partial charge in [0.05, 0.1) is 11.0 Å². The second kappa shape index (κ2) is 9.92. The van der Waals surface area contributed by atoms with Crippen LogP contribution in [0.2, 0.25) is 0 Å². The number of benzene rings is 2. The Labute approximate surface area is 180 Å². The molecule has 0 aliphatic rings. The number of amides is 1. The molecule has 0 radical (unpaired) electrons. The minimum absolute atomic E-state index is 0.0543. The van der Waals surface area contributed by atoms with Gasteiger partial charge in [0, 0.05) is 25.4 Å². The molecule has 0 fully saturated rings. The molecular formula is C26H35N3O. The molecule has 0 aliphatic carbocycles. The third-order valence-corrected chi connectivity index (χ3v) is 5.79. The van der Waals surface area contributed by atoms with Crippen LogP contribution in [0.5, 0.6) is 0 Å². The van der Waals surface area contributed by atoms with Gasteiger partial charge < -0.3 is 9.88 Å². The van der Waals surface area contributed by atoms with Crippen LogP contribution in [-0.2, 0) is 17.8 Å². The van der Waals surface area contributed by atoms with Gasteiger partial charge >= 0.3 is 0 Å². The van der Waals surface area contributed by atoms with Gasteiger partial charge in [-0.05, 0) is 62.4 Å². The summed E-state index contributed by atoms with van der Waals surface area (Å²) in [6.45, 7) is 12.0. The van der Waals surface area contributed by atoms with Crippen molar-refractivity contribution in [3.8, 4) is 0 Å². The zero-order valence-corrected chi connectivity index (χ0v) is 19.1. The summed E-state index contributed by atoms with van der Waals surface area (Å²) in [5, 5.41) is 3.00. The molecule has 30 heavy (non-hydrogen) atoms. The van der Waals surface area contributed by atoms with E-state index >= 15 is 0 Å². The number of nitrogens with one attached hydrogen (secondary N) is 1. The Hall–Kier alpha value is -2.62. The van der Waals surface area contributed by atoms with E-state index in [1.807, 2.05) is 13.8 Å². The third-order valence-electron chi connectivity index (χ3n) is 5.79. The predicted octanol–water partition coefficient (Wildman–Crippen LogP) is 5.49. The summed E-state index contributed by atoms with van der Waals surface area (Å²) < 4.78 is 2.39. The number of fused-ring (bicyclic) bond motifs is 1. The van der Waals surface area contributed by atoms with Gasteiger partial charge in [0.1, 0.15) is 5.82 Å². The lowest BCUT2D eigenvalue weighted by atomic mass is 9.99. The molecular weight excluding hydrogens is 370 g/mol. The van der Waals surface area contributed by atoms with E-state index in [1.165, 1.54) is 27.8 Å². The molecule has 0 bridgehead atoms. The molecule has 3 rings (SSSR count). The van der Waals surface area contributed by atoms with Crippen LogP contribution >= 0.6 is 0 Å². The first-order valence-electron chi connectivity index (χ1n) is 11.2. The average Bonchev–Trinajstić information content (AvgIpc) is 3.04. The van der Waals surface area contributed by atoms with Crippen molar-refractivity contribution in [3.63, 3.8) is 0 Å². The molecule has 3 aromatic rings. The van der Waals surface area contributed by atoms with Crippen molar-refractivity contribution in [3.05, 3.63) is 64.5 Å². The van der Waals surface area contributed by atoms with Crippen molar-refractivity contribution in [2.24, 2.45) is 5.92 Å². The van der Waals surface area contributed by atoms with E-state index in [4.69, 9.17) is 4.98 Å². The van der Waals surface area contributed by atoms with Gasteiger partial charge in [0.25, 0.3) is 0 Å². The van der Waals surface area contributed by atoms with Crippen molar-refractivity contribution >= 4 is 16.9 Å². The van der Waals surface area contributed by atoms with Crippen LogP contribution in [0.3, 0.4) is 0 Å². The first kappa shape index (κ1) is 22.1. The zero-order valence-electron chi connectivity index (χ0n) is 19.1. The van der Waals surface area contributed by atoms with Crippen molar-refractivity contribution in [2.45, 2.75) is 66.8 Å². The lowest BCUT2D eigenvalue weighted by Gasteiger charge is -2.15. The predicted molar refractivity (Wildman–Crippen MR) is 125 cm³/mol. The summed E-state index contributed by atoms with van der Waals surface area (Å²) in [6, 6.07) is 13.0. The maximum absolute atomic E-state index is 11.7. The van der Waals surface area contributed by atoms with E-state index in [2.05, 4.69) is 67.1 Å². The number of imidazole rings is 1. The number of hydrogen-bond acceptors (Lipinski definition) is 2. The standard InChI is InChI=1S/C26H35N3O/c1-18(2)26(30)27-14-10-6-7-13-25-28-23-11-8-9-12-24(23)29(25)17-22-20(4)15-19(3)16-21(22)5/h8-9,11-12,15-16,18H,6-7,10,13-14,17H2,1-5H3,(H,27,30). The Morgan fingerprint density at radius 3 is 2.43 bits per heavy atom. The van der Waals surface area contributed by atoms with Crippen LogP contribution in [0.15, 0.2) is 36.4 Å². The summed E-state index contributed by atoms with van der Waals surface area (Å²) in [5.41, 5.74) is 7.67. The van der Waals surface area contributed by atoms with Gasteiger partial charge in [-0.1, -0.05) is 50.1 Å². The SMILES string of the molecule is Cc1cc(C)c(Cn2c(CCCCCNC(=O)C(C)C)nc3ccccc32)c(C)c1. The summed E-state index contributed by atoms with van der Waals surface area (Å²) in [4.78, 5) is 16.6. The van der Waals surface area contributed by atoms with Gasteiger partial charge in [0.2, 0.25) is 5.91 Å². The molecule has 0 spiro atoms. The molecule has 0 unspecified atom stereocenters. The van der Waals surface area contributed by atoms with Crippen molar-refractivity contribution in [1.82, 2.24) is 14.9 Å². The second-order valence-corrected chi connectivity index (χ2v) is 8.74. The highest BCUT2D eigenvalue weighted by Crippen LogP contribution is 2.23. The molecule has 1 N–H and O–H groups in total. The maximum Gasteiger partial charge on any atom is 0.222 e. The summed E-state index contributed by atoms with van der Waals surface area (Å²) in [7, 11) is 0. The van der Waals surface area contributed by atoms with Gasteiger partial charge in [-0.25, -0.2) is 4.98 Å². The Kier molecular flexibility index (Phi) is 7.30. The molecule has 0 aliphatic heterocycles. The summed E-state index contributed by atoms with van der Waals surface area (Å²) in [5.74, 6) is 1.35. The fraction of sp³-hybridized carbons (Fsp3) is 0.462. The monoisotopic (exact) mass is 405 g/mol. The lowest BCUT2D eigenvalue weighted by molar-refractivity contribution is -0.123.